The Kier molecular flexibility index (Phi) is 4.46. The normalized spacial score (nSPS) is 14.9. The average molecular weight is 334 g/mol. The molecule has 3 aromatic rings. The molecule has 5 nitrogen and oxygen atoms in total. The zero-order valence-electron chi connectivity index (χ0n) is 14.2. The van der Waals surface area contributed by atoms with Crippen LogP contribution < -0.4 is 0 Å². The Morgan fingerprint density at radius 3 is 2.56 bits per heavy atom. The van der Waals surface area contributed by atoms with E-state index in [2.05, 4.69) is 22.1 Å². The lowest BCUT2D eigenvalue weighted by atomic mass is 10.1. The third-order valence-corrected chi connectivity index (χ3v) is 5.02. The first-order chi connectivity index (χ1) is 12.3. The number of hydrogen-bond donors (Lipinski definition) is 0. The molecule has 2 aromatic heterocycles. The lowest BCUT2D eigenvalue weighted by molar-refractivity contribution is 0.0679. The molecule has 0 unspecified atom stereocenters. The van der Waals surface area contributed by atoms with Gasteiger partial charge in [-0.3, -0.25) is 4.79 Å². The van der Waals surface area contributed by atoms with Gasteiger partial charge in [-0.05, 0) is 24.8 Å². The standard InChI is InChI=1S/C20H22N4O/c25-20(18-19-22-12-15-23(19)14-11-21-18)24(17-8-4-5-9-17)13-10-16-6-2-1-3-7-16/h1-3,6-7,11-12,14-15,17H,4-5,8-10,13H2. The minimum Gasteiger partial charge on any atom is -0.334 e. The molecule has 0 bridgehead atoms. The van der Waals surface area contributed by atoms with E-state index < -0.39 is 0 Å². The fourth-order valence-electron chi connectivity index (χ4n) is 3.70. The molecule has 1 amide bonds. The summed E-state index contributed by atoms with van der Waals surface area (Å²) in [5.41, 5.74) is 2.34. The van der Waals surface area contributed by atoms with Crippen LogP contribution in [0.4, 0.5) is 0 Å². The van der Waals surface area contributed by atoms with Gasteiger partial charge < -0.3 is 9.30 Å². The van der Waals surface area contributed by atoms with E-state index in [0.29, 0.717) is 17.4 Å². The van der Waals surface area contributed by atoms with Crippen molar-refractivity contribution in [2.45, 2.75) is 38.1 Å². The summed E-state index contributed by atoms with van der Waals surface area (Å²) in [4.78, 5) is 24.0. The third kappa shape index (κ3) is 3.27. The van der Waals surface area contributed by atoms with Crippen LogP contribution >= 0.6 is 0 Å². The zero-order chi connectivity index (χ0) is 17.1. The van der Waals surface area contributed by atoms with Gasteiger partial charge in [0, 0.05) is 37.4 Å². The summed E-state index contributed by atoms with van der Waals surface area (Å²) in [6.45, 7) is 0.719. The van der Waals surface area contributed by atoms with E-state index in [1.54, 1.807) is 12.4 Å². The first kappa shape index (κ1) is 15.8. The van der Waals surface area contributed by atoms with E-state index in [0.717, 1.165) is 25.8 Å². The number of fused-ring (bicyclic) bond motifs is 1. The first-order valence-electron chi connectivity index (χ1n) is 8.95. The van der Waals surface area contributed by atoms with Crippen LogP contribution in [0.5, 0.6) is 0 Å². The molecule has 1 aromatic carbocycles. The van der Waals surface area contributed by atoms with Crippen LogP contribution in [-0.2, 0) is 6.42 Å². The molecule has 0 radical (unpaired) electrons. The molecular weight excluding hydrogens is 312 g/mol. The van der Waals surface area contributed by atoms with Crippen LogP contribution in [-0.4, -0.2) is 37.8 Å². The van der Waals surface area contributed by atoms with Crippen LogP contribution in [0.1, 0.15) is 41.7 Å². The number of nitrogens with zero attached hydrogens (tertiary/aromatic N) is 4. The van der Waals surface area contributed by atoms with Gasteiger partial charge in [0.25, 0.3) is 5.91 Å². The van der Waals surface area contributed by atoms with Crippen LogP contribution in [0.3, 0.4) is 0 Å². The number of carbonyl (C=O) groups excluding carboxylic acids is 1. The lowest BCUT2D eigenvalue weighted by Gasteiger charge is -2.29. The molecule has 2 heterocycles. The van der Waals surface area contributed by atoms with E-state index in [9.17, 15) is 4.79 Å². The molecule has 0 spiro atoms. The maximum Gasteiger partial charge on any atom is 0.276 e. The number of hydrogen-bond acceptors (Lipinski definition) is 3. The molecule has 0 atom stereocenters. The maximum atomic E-state index is 13.3. The number of rotatable bonds is 5. The molecule has 5 heteroatoms. The van der Waals surface area contributed by atoms with Crippen molar-refractivity contribution < 1.29 is 4.79 Å². The molecule has 0 aliphatic heterocycles. The van der Waals surface area contributed by atoms with E-state index in [4.69, 9.17) is 0 Å². The van der Waals surface area contributed by atoms with Gasteiger partial charge in [0.05, 0.1) is 0 Å². The van der Waals surface area contributed by atoms with Crippen molar-refractivity contribution in [2.75, 3.05) is 6.54 Å². The quantitative estimate of drug-likeness (QED) is 0.719. The predicted octanol–water partition coefficient (Wildman–Crippen LogP) is 3.36. The number of benzene rings is 1. The summed E-state index contributed by atoms with van der Waals surface area (Å²) in [6.07, 6.45) is 12.5. The van der Waals surface area contributed by atoms with Gasteiger partial charge >= 0.3 is 0 Å². The van der Waals surface area contributed by atoms with Gasteiger partial charge in [0.15, 0.2) is 11.3 Å². The number of amides is 1. The molecule has 25 heavy (non-hydrogen) atoms. The summed E-state index contributed by atoms with van der Waals surface area (Å²) in [5, 5.41) is 0. The smallest absolute Gasteiger partial charge is 0.276 e. The topological polar surface area (TPSA) is 50.5 Å². The Morgan fingerprint density at radius 1 is 1.08 bits per heavy atom. The van der Waals surface area contributed by atoms with Crippen LogP contribution in [0.15, 0.2) is 55.1 Å². The fourth-order valence-corrected chi connectivity index (χ4v) is 3.70. The highest BCUT2D eigenvalue weighted by molar-refractivity contribution is 5.98. The Hall–Kier alpha value is -2.69. The molecule has 1 saturated carbocycles. The molecule has 0 saturated heterocycles. The van der Waals surface area contributed by atoms with E-state index in [-0.39, 0.29) is 5.91 Å². The van der Waals surface area contributed by atoms with Crippen LogP contribution in [0.2, 0.25) is 0 Å². The second kappa shape index (κ2) is 7.05. The van der Waals surface area contributed by atoms with Gasteiger partial charge in [-0.1, -0.05) is 43.2 Å². The summed E-state index contributed by atoms with van der Waals surface area (Å²) in [5.74, 6) is -0.000342. The van der Waals surface area contributed by atoms with Crippen molar-refractivity contribution in [3.05, 3.63) is 66.4 Å². The monoisotopic (exact) mass is 334 g/mol. The van der Waals surface area contributed by atoms with Crippen molar-refractivity contribution in [2.24, 2.45) is 0 Å². The maximum absolute atomic E-state index is 13.3. The lowest BCUT2D eigenvalue weighted by Crippen LogP contribution is -2.40. The second-order valence-electron chi connectivity index (χ2n) is 6.61. The fraction of sp³-hybridized carbons (Fsp3) is 0.350. The van der Waals surface area contributed by atoms with E-state index in [1.165, 1.54) is 18.4 Å². The van der Waals surface area contributed by atoms with E-state index >= 15 is 0 Å². The van der Waals surface area contributed by atoms with Gasteiger partial charge in [-0.15, -0.1) is 0 Å². The molecule has 1 aliphatic rings. The van der Waals surface area contributed by atoms with Gasteiger partial charge in [0.2, 0.25) is 0 Å². The molecule has 1 fully saturated rings. The van der Waals surface area contributed by atoms with Gasteiger partial charge in [-0.25, -0.2) is 9.97 Å². The number of carbonyl (C=O) groups is 1. The molecule has 0 N–H and O–H groups in total. The highest BCUT2D eigenvalue weighted by Crippen LogP contribution is 2.25. The van der Waals surface area contributed by atoms with Crippen molar-refractivity contribution >= 4 is 11.6 Å². The number of imidazole rings is 1. The highest BCUT2D eigenvalue weighted by atomic mass is 16.2. The highest BCUT2D eigenvalue weighted by Gasteiger charge is 2.29. The predicted molar refractivity (Wildman–Crippen MR) is 96.4 cm³/mol. The molecule has 1 aliphatic carbocycles. The third-order valence-electron chi connectivity index (χ3n) is 5.02. The van der Waals surface area contributed by atoms with Crippen LogP contribution in [0.25, 0.3) is 5.65 Å². The molecular formula is C20H22N4O. The van der Waals surface area contributed by atoms with Crippen molar-refractivity contribution in [1.82, 2.24) is 19.3 Å². The SMILES string of the molecule is O=C(c1nccn2ccnc12)N(CCc1ccccc1)C1CCCC1. The summed E-state index contributed by atoms with van der Waals surface area (Å²) in [7, 11) is 0. The minimum absolute atomic E-state index is 0.000342. The minimum atomic E-state index is -0.000342. The van der Waals surface area contributed by atoms with E-state index in [1.807, 2.05) is 39.9 Å². The van der Waals surface area contributed by atoms with Crippen molar-refractivity contribution in [3.63, 3.8) is 0 Å². The van der Waals surface area contributed by atoms with Gasteiger partial charge in [-0.2, -0.15) is 0 Å². The Bertz CT molecular complexity index is 852. The van der Waals surface area contributed by atoms with Crippen molar-refractivity contribution in [1.29, 1.82) is 0 Å². The Balaban J connectivity index is 1.60. The summed E-state index contributed by atoms with van der Waals surface area (Å²) >= 11 is 0. The van der Waals surface area contributed by atoms with Gasteiger partial charge in [0.1, 0.15) is 0 Å². The molecule has 128 valence electrons. The Morgan fingerprint density at radius 2 is 1.80 bits per heavy atom. The Labute approximate surface area is 147 Å². The molecule has 4 rings (SSSR count). The summed E-state index contributed by atoms with van der Waals surface area (Å²) < 4.78 is 1.85. The average Bonchev–Trinajstić information content (AvgIpc) is 3.34. The number of aromatic nitrogens is 3. The van der Waals surface area contributed by atoms with Crippen molar-refractivity contribution in [3.8, 4) is 0 Å². The summed E-state index contributed by atoms with van der Waals surface area (Å²) in [6, 6.07) is 10.7. The zero-order valence-corrected chi connectivity index (χ0v) is 14.2. The van der Waals surface area contributed by atoms with Crippen LogP contribution in [0, 0.1) is 0 Å². The first-order valence-corrected chi connectivity index (χ1v) is 8.95. The largest absolute Gasteiger partial charge is 0.334 e. The second-order valence-corrected chi connectivity index (χ2v) is 6.61.